The fraction of sp³-hybridized carbons (Fsp3) is 0. The van der Waals surface area contributed by atoms with Gasteiger partial charge in [-0.25, -0.2) is 10.9 Å². The SMILES string of the molecule is O=C(O)c1cccc(S(=O)(=O)O)c1I(=O)=O. The van der Waals surface area contributed by atoms with Crippen molar-refractivity contribution in [2.75, 3.05) is 0 Å². The van der Waals surface area contributed by atoms with Gasteiger partial charge in [-0.1, -0.05) is 6.07 Å². The second-order valence-electron chi connectivity index (χ2n) is 2.62. The van der Waals surface area contributed by atoms with E-state index < -0.39 is 49.9 Å². The first-order chi connectivity index (χ1) is 7.25. The summed E-state index contributed by atoms with van der Waals surface area (Å²) >= 11 is -4.36. The molecule has 0 atom stereocenters. The number of halogens is 1. The number of carboxylic acids is 1. The number of carbonyl (C=O) groups is 1. The highest BCUT2D eigenvalue weighted by Crippen LogP contribution is 2.28. The molecule has 7 nitrogen and oxygen atoms in total. The van der Waals surface area contributed by atoms with Crippen molar-refractivity contribution in [3.8, 4) is 0 Å². The van der Waals surface area contributed by atoms with Crippen molar-refractivity contribution in [1.29, 1.82) is 0 Å². The van der Waals surface area contributed by atoms with Gasteiger partial charge < -0.3 is 5.11 Å². The highest BCUT2D eigenvalue weighted by Gasteiger charge is 2.24. The number of aromatic carboxylic acids is 1. The molecule has 88 valence electrons. The molecule has 0 bridgehead atoms. The molecule has 1 aromatic carbocycles. The summed E-state index contributed by atoms with van der Waals surface area (Å²) in [4.78, 5) is 9.78. The zero-order chi connectivity index (χ0) is 12.5. The van der Waals surface area contributed by atoms with Crippen molar-refractivity contribution >= 4 is 35.9 Å². The van der Waals surface area contributed by atoms with Crippen LogP contribution in [0.4, 0.5) is 0 Å². The molecule has 0 heterocycles. The van der Waals surface area contributed by atoms with Crippen LogP contribution in [0.3, 0.4) is 0 Å². The van der Waals surface area contributed by atoms with E-state index in [-0.39, 0.29) is 0 Å². The predicted molar refractivity (Wildman–Crippen MR) is 57.3 cm³/mol. The lowest BCUT2D eigenvalue weighted by Gasteiger charge is -2.02. The van der Waals surface area contributed by atoms with Gasteiger partial charge in [0, 0.05) is 0 Å². The largest absolute Gasteiger partial charge is 0.478 e. The zero-order valence-corrected chi connectivity index (χ0v) is 10.4. The summed E-state index contributed by atoms with van der Waals surface area (Å²) in [6.07, 6.45) is 0. The van der Waals surface area contributed by atoms with E-state index in [0.29, 0.717) is 0 Å². The van der Waals surface area contributed by atoms with Crippen LogP contribution in [-0.4, -0.2) is 24.0 Å². The van der Waals surface area contributed by atoms with E-state index in [1.54, 1.807) is 0 Å². The van der Waals surface area contributed by atoms with Gasteiger partial charge in [-0.05, 0) is 12.1 Å². The lowest BCUT2D eigenvalue weighted by molar-refractivity contribution is 0.0695. The maximum Gasteiger partial charge on any atom is 0.343 e. The van der Waals surface area contributed by atoms with Crippen molar-refractivity contribution in [2.45, 2.75) is 4.90 Å². The minimum Gasteiger partial charge on any atom is -0.478 e. The molecular weight excluding hydrogens is 355 g/mol. The third-order valence-corrected chi connectivity index (χ3v) is 4.93. The first-order valence-electron chi connectivity index (χ1n) is 3.64. The fourth-order valence-corrected chi connectivity index (χ4v) is 4.38. The van der Waals surface area contributed by atoms with Crippen LogP contribution in [-0.2, 0) is 16.3 Å². The molecule has 0 radical (unpaired) electrons. The molecule has 0 saturated heterocycles. The van der Waals surface area contributed by atoms with E-state index in [1.165, 1.54) is 0 Å². The first kappa shape index (κ1) is 13.0. The molecule has 0 aliphatic heterocycles. The number of hydrogen-bond donors (Lipinski definition) is 2. The van der Waals surface area contributed by atoms with Gasteiger partial charge in [0.25, 0.3) is 10.1 Å². The number of hydrogen-bond acceptors (Lipinski definition) is 5. The second-order valence-corrected chi connectivity index (χ2v) is 6.32. The molecule has 2 N–H and O–H groups in total. The molecule has 0 amide bonds. The van der Waals surface area contributed by atoms with Crippen LogP contribution in [0.1, 0.15) is 10.4 Å². The molecule has 1 rings (SSSR count). The van der Waals surface area contributed by atoms with Crippen LogP contribution < -0.4 is 0 Å². The highest BCUT2D eigenvalue weighted by molar-refractivity contribution is 14.2. The summed E-state index contributed by atoms with van der Waals surface area (Å²) in [7, 11) is -4.76. The fourth-order valence-electron chi connectivity index (χ4n) is 1.03. The van der Waals surface area contributed by atoms with Crippen LogP contribution in [0.25, 0.3) is 0 Å². The van der Waals surface area contributed by atoms with Gasteiger partial charge in [-0.2, -0.15) is 8.42 Å². The van der Waals surface area contributed by atoms with Crippen molar-refractivity contribution in [3.63, 3.8) is 0 Å². The minimum absolute atomic E-state index is 0.662. The smallest absolute Gasteiger partial charge is 0.343 e. The maximum absolute atomic E-state index is 10.9. The molecular formula is C7H5IO7S. The Morgan fingerprint density at radius 1 is 1.25 bits per heavy atom. The van der Waals surface area contributed by atoms with Crippen LogP contribution >= 0.6 is 19.8 Å². The first-order valence-corrected chi connectivity index (χ1v) is 7.92. The van der Waals surface area contributed by atoms with Gasteiger partial charge in [0.05, 0.1) is 5.56 Å². The number of benzene rings is 1. The summed E-state index contributed by atoms with van der Waals surface area (Å²) < 4.78 is 51.4. The monoisotopic (exact) mass is 360 g/mol. The average Bonchev–Trinajstić information content (AvgIpc) is 2.14. The second kappa shape index (κ2) is 4.43. The predicted octanol–water partition coefficient (Wildman–Crippen LogP) is 0.998. The molecule has 0 saturated carbocycles. The molecule has 0 aromatic heterocycles. The Balaban J connectivity index is 3.79. The molecule has 0 unspecified atom stereocenters. The molecule has 9 heteroatoms. The van der Waals surface area contributed by atoms with E-state index in [9.17, 15) is 19.4 Å². The van der Waals surface area contributed by atoms with Gasteiger partial charge >= 0.3 is 25.8 Å². The van der Waals surface area contributed by atoms with E-state index in [2.05, 4.69) is 0 Å². The Kier molecular flexibility index (Phi) is 3.60. The van der Waals surface area contributed by atoms with E-state index >= 15 is 0 Å². The molecule has 0 spiro atoms. The minimum atomic E-state index is -4.76. The van der Waals surface area contributed by atoms with Crippen molar-refractivity contribution in [3.05, 3.63) is 27.3 Å². The molecule has 0 aliphatic rings. The summed E-state index contributed by atoms with van der Waals surface area (Å²) in [6.45, 7) is 0. The zero-order valence-electron chi connectivity index (χ0n) is 7.45. The van der Waals surface area contributed by atoms with Gasteiger partial charge in [0.1, 0.15) is 8.47 Å². The van der Waals surface area contributed by atoms with Crippen molar-refractivity contribution in [1.82, 2.24) is 0 Å². The lowest BCUT2D eigenvalue weighted by Crippen LogP contribution is -2.07. The quantitative estimate of drug-likeness (QED) is 0.608. The molecule has 0 fully saturated rings. The Bertz CT molecular complexity index is 606. The van der Waals surface area contributed by atoms with Gasteiger partial charge in [0.2, 0.25) is 0 Å². The van der Waals surface area contributed by atoms with Crippen LogP contribution in [0.15, 0.2) is 23.1 Å². The average molecular weight is 360 g/mol. The van der Waals surface area contributed by atoms with Crippen molar-refractivity contribution in [2.24, 2.45) is 0 Å². The highest BCUT2D eigenvalue weighted by atomic mass is 127. The van der Waals surface area contributed by atoms with Crippen LogP contribution in [0.2, 0.25) is 0 Å². The summed E-state index contributed by atoms with van der Waals surface area (Å²) in [5, 5.41) is 8.68. The normalized spacial score (nSPS) is 11.6. The summed E-state index contributed by atoms with van der Waals surface area (Å²) in [5.74, 6) is -1.57. The third-order valence-electron chi connectivity index (χ3n) is 1.63. The third kappa shape index (κ3) is 2.54. The Hall–Kier alpha value is -1.07. The topological polar surface area (TPSA) is 126 Å². The molecule has 0 aliphatic carbocycles. The van der Waals surface area contributed by atoms with Crippen LogP contribution in [0.5, 0.6) is 0 Å². The van der Waals surface area contributed by atoms with E-state index in [4.69, 9.17) is 9.66 Å². The Labute approximate surface area is 97.0 Å². The van der Waals surface area contributed by atoms with Gasteiger partial charge in [-0.3, -0.25) is 4.55 Å². The maximum atomic E-state index is 10.9. The lowest BCUT2D eigenvalue weighted by atomic mass is 10.2. The molecule has 1 aromatic rings. The van der Waals surface area contributed by atoms with Gasteiger partial charge in [-0.15, -0.1) is 0 Å². The number of rotatable bonds is 3. The summed E-state index contributed by atoms with van der Waals surface area (Å²) in [6, 6.07) is 2.82. The van der Waals surface area contributed by atoms with E-state index in [0.717, 1.165) is 18.2 Å². The van der Waals surface area contributed by atoms with Crippen molar-refractivity contribution < 1.29 is 29.0 Å². The standard InChI is InChI=1S/C7H5IO7S/c9-7(10)4-2-1-3-5(16(13,14)15)6(4)8(11)12/h1-3H,(H,9,10)(H,13,14,15). The Morgan fingerprint density at radius 3 is 2.19 bits per heavy atom. The van der Waals surface area contributed by atoms with E-state index in [1.807, 2.05) is 0 Å². The Morgan fingerprint density at radius 2 is 1.81 bits per heavy atom. The molecule has 16 heavy (non-hydrogen) atoms. The van der Waals surface area contributed by atoms with Gasteiger partial charge in [0.15, 0.2) is 0 Å². The number of carboxylic acid groups (broad SMARTS) is 1. The van der Waals surface area contributed by atoms with Crippen LogP contribution in [0, 0.1) is 3.57 Å². The summed E-state index contributed by atoms with van der Waals surface area (Å²) in [5.41, 5.74) is -0.662.